The van der Waals surface area contributed by atoms with E-state index in [4.69, 9.17) is 4.52 Å². The van der Waals surface area contributed by atoms with E-state index < -0.39 is 17.5 Å². The van der Waals surface area contributed by atoms with Crippen molar-refractivity contribution in [3.8, 4) is 0 Å². The maximum Gasteiger partial charge on any atom is 0.401 e. The molecular weight excluding hydrogens is 349 g/mol. The number of hydrogen-bond donors (Lipinski definition) is 1. The number of rotatable bonds is 3. The minimum Gasteiger partial charge on any atom is -0.358 e. The van der Waals surface area contributed by atoms with Crippen LogP contribution in [0.25, 0.3) is 5.65 Å². The van der Waals surface area contributed by atoms with Gasteiger partial charge in [-0.1, -0.05) is 5.16 Å². The van der Waals surface area contributed by atoms with Crippen LogP contribution in [0.3, 0.4) is 0 Å². The Morgan fingerprint density at radius 2 is 2.04 bits per heavy atom. The van der Waals surface area contributed by atoms with Crippen molar-refractivity contribution in [3.63, 3.8) is 0 Å². The van der Waals surface area contributed by atoms with Crippen LogP contribution in [0.1, 0.15) is 40.3 Å². The number of fused-ring (bicyclic) bond motifs is 1. The summed E-state index contributed by atoms with van der Waals surface area (Å²) in [4.78, 5) is 16.9. The Kier molecular flexibility index (Phi) is 3.40. The lowest BCUT2D eigenvalue weighted by Crippen LogP contribution is -2.28. The molecule has 4 rings (SSSR count). The number of hydrogen-bond acceptors (Lipinski definition) is 4. The number of alkyl halides is 3. The minimum atomic E-state index is -4.40. The molecule has 0 aromatic carbocycles. The Bertz CT molecular complexity index is 1010. The van der Waals surface area contributed by atoms with E-state index in [0.717, 1.165) is 17.5 Å². The van der Waals surface area contributed by atoms with Crippen molar-refractivity contribution in [2.75, 3.05) is 5.32 Å². The van der Waals surface area contributed by atoms with Gasteiger partial charge in [0.15, 0.2) is 11.6 Å². The van der Waals surface area contributed by atoms with Crippen molar-refractivity contribution in [2.24, 2.45) is 0 Å². The summed E-state index contributed by atoms with van der Waals surface area (Å²) in [7, 11) is 0. The van der Waals surface area contributed by atoms with Gasteiger partial charge >= 0.3 is 6.18 Å². The third kappa shape index (κ3) is 2.46. The van der Waals surface area contributed by atoms with Crippen molar-refractivity contribution >= 4 is 17.4 Å². The predicted molar refractivity (Wildman–Crippen MR) is 86.1 cm³/mol. The first-order valence-corrected chi connectivity index (χ1v) is 8.02. The number of amides is 1. The van der Waals surface area contributed by atoms with Crippen molar-refractivity contribution in [2.45, 2.75) is 38.3 Å². The number of carbonyl (C=O) groups excluding carboxylic acids is 1. The Labute approximate surface area is 146 Å². The van der Waals surface area contributed by atoms with Crippen LogP contribution in [0.15, 0.2) is 28.9 Å². The number of carbonyl (C=O) groups is 1. The van der Waals surface area contributed by atoms with Crippen molar-refractivity contribution < 1.29 is 22.5 Å². The number of halogens is 3. The molecule has 9 heteroatoms. The second kappa shape index (κ2) is 5.33. The third-order valence-corrected chi connectivity index (χ3v) is 4.70. The highest BCUT2D eigenvalue weighted by Crippen LogP contribution is 2.59. The summed E-state index contributed by atoms with van der Waals surface area (Å²) in [6.07, 6.45) is -2.76. The number of nitrogens with zero attached hydrogens (tertiary/aromatic N) is 3. The van der Waals surface area contributed by atoms with E-state index >= 15 is 0 Å². The molecule has 1 fully saturated rings. The number of aryl methyl sites for hydroxylation is 2. The van der Waals surface area contributed by atoms with Gasteiger partial charge in [-0.05, 0) is 38.8 Å². The Balaban J connectivity index is 1.61. The van der Waals surface area contributed by atoms with Gasteiger partial charge in [0, 0.05) is 23.7 Å². The molecule has 1 N–H and O–H groups in total. The molecule has 3 aromatic heterocycles. The van der Waals surface area contributed by atoms with Gasteiger partial charge < -0.3 is 14.2 Å². The number of aromatic nitrogens is 3. The fourth-order valence-corrected chi connectivity index (χ4v) is 3.11. The van der Waals surface area contributed by atoms with E-state index in [1.165, 1.54) is 0 Å². The second-order valence-electron chi connectivity index (χ2n) is 6.57. The monoisotopic (exact) mass is 364 g/mol. The van der Waals surface area contributed by atoms with Crippen LogP contribution in [0.4, 0.5) is 19.0 Å². The van der Waals surface area contributed by atoms with Crippen LogP contribution in [0.5, 0.6) is 0 Å². The normalized spacial score (nSPS) is 16.0. The first-order valence-electron chi connectivity index (χ1n) is 8.02. The highest BCUT2D eigenvalue weighted by atomic mass is 19.4. The van der Waals surface area contributed by atoms with Crippen LogP contribution in [0, 0.1) is 13.8 Å². The lowest BCUT2D eigenvalue weighted by atomic mass is 10.0. The molecule has 0 radical (unpaired) electrons. The van der Waals surface area contributed by atoms with E-state index in [0.29, 0.717) is 11.2 Å². The van der Waals surface area contributed by atoms with Gasteiger partial charge in [0.05, 0.1) is 5.56 Å². The SMILES string of the molecule is Cc1cc(C)n2ccc(C(=O)Nc3cc(C4(C(F)(F)F)CC4)on3)c2n1. The summed E-state index contributed by atoms with van der Waals surface area (Å²) < 4.78 is 46.0. The summed E-state index contributed by atoms with van der Waals surface area (Å²) in [5.41, 5.74) is 0.473. The van der Waals surface area contributed by atoms with E-state index in [1.807, 2.05) is 19.9 Å². The van der Waals surface area contributed by atoms with Crippen LogP contribution in [0.2, 0.25) is 0 Å². The molecule has 6 nitrogen and oxygen atoms in total. The van der Waals surface area contributed by atoms with Gasteiger partial charge in [-0.2, -0.15) is 13.2 Å². The second-order valence-corrected chi connectivity index (χ2v) is 6.57. The molecule has 1 aliphatic rings. The van der Waals surface area contributed by atoms with E-state index in [2.05, 4.69) is 15.5 Å². The molecule has 0 spiro atoms. The summed E-state index contributed by atoms with van der Waals surface area (Å²) >= 11 is 0. The standard InChI is InChI=1S/C17H15F3N4O2/c1-9-7-10(2)24-6-3-11(14(24)21-9)15(25)22-13-8-12(26-23-13)16(4-5-16)17(18,19)20/h3,6-8H,4-5H2,1-2H3,(H,22,23,25). The van der Waals surface area contributed by atoms with Crippen LogP contribution in [-0.4, -0.2) is 26.6 Å². The predicted octanol–water partition coefficient (Wildman–Crippen LogP) is 3.79. The van der Waals surface area contributed by atoms with Gasteiger partial charge in [-0.15, -0.1) is 0 Å². The molecule has 3 aromatic rings. The molecule has 136 valence electrons. The number of anilines is 1. The average Bonchev–Trinajstić information content (AvgIpc) is 3.06. The van der Waals surface area contributed by atoms with Gasteiger partial charge in [0.25, 0.3) is 5.91 Å². The first-order chi connectivity index (χ1) is 12.2. The Morgan fingerprint density at radius 3 is 2.69 bits per heavy atom. The molecule has 0 unspecified atom stereocenters. The van der Waals surface area contributed by atoms with E-state index in [1.54, 1.807) is 16.7 Å². The van der Waals surface area contributed by atoms with Crippen LogP contribution < -0.4 is 5.32 Å². The van der Waals surface area contributed by atoms with E-state index in [9.17, 15) is 18.0 Å². The molecule has 0 bridgehead atoms. The van der Waals surface area contributed by atoms with Gasteiger partial charge in [-0.25, -0.2) is 4.98 Å². The number of nitrogens with one attached hydrogen (secondary N) is 1. The minimum absolute atomic E-state index is 0.0360. The molecule has 0 saturated heterocycles. The molecule has 1 saturated carbocycles. The van der Waals surface area contributed by atoms with Crippen LogP contribution in [-0.2, 0) is 5.41 Å². The molecule has 26 heavy (non-hydrogen) atoms. The summed E-state index contributed by atoms with van der Waals surface area (Å²) in [5, 5.41) is 6.05. The lowest BCUT2D eigenvalue weighted by Gasteiger charge is -2.14. The highest BCUT2D eigenvalue weighted by molar-refractivity contribution is 6.08. The van der Waals surface area contributed by atoms with Gasteiger partial charge in [-0.3, -0.25) is 4.79 Å². The van der Waals surface area contributed by atoms with Gasteiger partial charge in [0.1, 0.15) is 11.1 Å². The smallest absolute Gasteiger partial charge is 0.358 e. The average molecular weight is 364 g/mol. The van der Waals surface area contributed by atoms with Gasteiger partial charge in [0.2, 0.25) is 0 Å². The molecule has 1 aliphatic carbocycles. The quantitative estimate of drug-likeness (QED) is 0.768. The van der Waals surface area contributed by atoms with E-state index in [-0.39, 0.29) is 24.4 Å². The van der Waals surface area contributed by atoms with Crippen molar-refractivity contribution in [1.29, 1.82) is 0 Å². The molecule has 0 atom stereocenters. The fraction of sp³-hybridized carbons (Fsp3) is 0.353. The summed E-state index contributed by atoms with van der Waals surface area (Å²) in [6.45, 7) is 3.71. The third-order valence-electron chi connectivity index (χ3n) is 4.70. The molecule has 3 heterocycles. The zero-order valence-electron chi connectivity index (χ0n) is 14.0. The largest absolute Gasteiger partial charge is 0.401 e. The molecule has 1 amide bonds. The Morgan fingerprint density at radius 1 is 1.31 bits per heavy atom. The molecular formula is C17H15F3N4O2. The topological polar surface area (TPSA) is 72.4 Å². The Hall–Kier alpha value is -2.84. The zero-order chi connectivity index (χ0) is 18.7. The zero-order valence-corrected chi connectivity index (χ0v) is 14.0. The highest BCUT2D eigenvalue weighted by Gasteiger charge is 2.66. The summed E-state index contributed by atoms with van der Waals surface area (Å²) in [6, 6.07) is 4.62. The summed E-state index contributed by atoms with van der Waals surface area (Å²) in [5.74, 6) is -0.835. The first kappa shape index (κ1) is 16.6. The van der Waals surface area contributed by atoms with Crippen LogP contribution >= 0.6 is 0 Å². The maximum atomic E-state index is 13.1. The maximum absolute atomic E-state index is 13.1. The van der Waals surface area contributed by atoms with Crippen molar-refractivity contribution in [1.82, 2.24) is 14.5 Å². The molecule has 0 aliphatic heterocycles. The van der Waals surface area contributed by atoms with Crippen molar-refractivity contribution in [3.05, 3.63) is 47.1 Å². The fourth-order valence-electron chi connectivity index (χ4n) is 3.11. The lowest BCUT2D eigenvalue weighted by molar-refractivity contribution is -0.165.